The van der Waals surface area contributed by atoms with Crippen LogP contribution in [0.25, 0.3) is 0 Å². The molecule has 1 heterocycles. The van der Waals surface area contributed by atoms with Crippen LogP contribution in [0.15, 0.2) is 29.2 Å². The molecule has 0 spiro atoms. The van der Waals surface area contributed by atoms with Crippen LogP contribution >= 0.6 is 0 Å². The van der Waals surface area contributed by atoms with Crippen molar-refractivity contribution in [1.29, 1.82) is 0 Å². The third kappa shape index (κ3) is 9.81. The van der Waals surface area contributed by atoms with Gasteiger partial charge in [0.25, 0.3) is 10.1 Å². The van der Waals surface area contributed by atoms with Crippen LogP contribution < -0.4 is 5.32 Å². The Morgan fingerprint density at radius 1 is 0.973 bits per heavy atom. The second-order valence-corrected chi connectivity index (χ2v) is 17.4. The van der Waals surface area contributed by atoms with Gasteiger partial charge in [0, 0.05) is 35.5 Å². The summed E-state index contributed by atoms with van der Waals surface area (Å²) in [5, 5.41) is 2.66. The van der Waals surface area contributed by atoms with Gasteiger partial charge in [-0.15, -0.1) is 0 Å². The van der Waals surface area contributed by atoms with E-state index in [1.54, 1.807) is 12.1 Å². The topological polar surface area (TPSA) is 144 Å². The maximum absolute atomic E-state index is 12.8. The number of rotatable bonds is 11. The van der Waals surface area contributed by atoms with E-state index in [0.29, 0.717) is 0 Å². The molecule has 13 heteroatoms. The molecule has 1 aromatic rings. The maximum Gasteiger partial charge on any atom is 0.303 e. The molecular weight excluding hydrogens is 522 g/mol. The summed E-state index contributed by atoms with van der Waals surface area (Å²) in [5.41, 5.74) is 0.871. The van der Waals surface area contributed by atoms with Gasteiger partial charge < -0.3 is 24.3 Å². The van der Waals surface area contributed by atoms with Gasteiger partial charge in [0.2, 0.25) is 5.91 Å². The summed E-state index contributed by atoms with van der Waals surface area (Å²) in [6.07, 6.45) is -4.85. The molecule has 5 atom stereocenters. The van der Waals surface area contributed by atoms with Crippen LogP contribution in [0.1, 0.15) is 26.3 Å². The quantitative estimate of drug-likeness (QED) is 0.243. The molecule has 0 aliphatic carbocycles. The molecular formula is C24H37NO10SSi. The first-order valence-corrected chi connectivity index (χ1v) is 17.1. The van der Waals surface area contributed by atoms with E-state index in [1.807, 2.05) is 6.92 Å². The lowest BCUT2D eigenvalue weighted by Crippen LogP contribution is -2.66. The molecule has 1 fully saturated rings. The highest BCUT2D eigenvalue weighted by Gasteiger charge is 2.51. The fourth-order valence-electron chi connectivity index (χ4n) is 3.64. The minimum absolute atomic E-state index is 0.0615. The lowest BCUT2D eigenvalue weighted by atomic mass is 9.96. The van der Waals surface area contributed by atoms with Crippen molar-refractivity contribution in [3.05, 3.63) is 29.8 Å². The molecule has 0 bridgehead atoms. The van der Waals surface area contributed by atoms with E-state index in [4.69, 9.17) is 23.1 Å². The van der Waals surface area contributed by atoms with Crippen LogP contribution in [0.3, 0.4) is 0 Å². The van der Waals surface area contributed by atoms with Crippen molar-refractivity contribution in [2.45, 2.75) is 88.9 Å². The summed E-state index contributed by atoms with van der Waals surface area (Å²) < 4.78 is 53.7. The molecule has 1 saturated heterocycles. The Balaban J connectivity index is 2.38. The van der Waals surface area contributed by atoms with Gasteiger partial charge in [-0.05, 0) is 25.1 Å². The van der Waals surface area contributed by atoms with Gasteiger partial charge >= 0.3 is 11.9 Å². The first-order valence-electron chi connectivity index (χ1n) is 11.9. The molecule has 0 unspecified atom stereocenters. The Morgan fingerprint density at radius 3 is 2.05 bits per heavy atom. The molecule has 37 heavy (non-hydrogen) atoms. The van der Waals surface area contributed by atoms with E-state index in [1.165, 1.54) is 26.0 Å². The Labute approximate surface area is 219 Å². The minimum atomic E-state index is -4.19. The normalized spacial score (nSPS) is 24.2. The van der Waals surface area contributed by atoms with E-state index in [9.17, 15) is 22.8 Å². The Bertz CT molecular complexity index is 1050. The number of nitrogens with one attached hydrogen (secondary N) is 1. The molecule has 1 aromatic carbocycles. The molecule has 1 aliphatic rings. The number of hydrogen-bond donors (Lipinski definition) is 1. The first kappa shape index (κ1) is 30.9. The van der Waals surface area contributed by atoms with Crippen molar-refractivity contribution in [3.63, 3.8) is 0 Å². The number of aryl methyl sites for hydroxylation is 1. The molecule has 11 nitrogen and oxygen atoms in total. The van der Waals surface area contributed by atoms with Crippen LogP contribution in [0.2, 0.25) is 25.7 Å². The monoisotopic (exact) mass is 559 g/mol. The number of benzene rings is 1. The molecule has 1 N–H and O–H groups in total. The van der Waals surface area contributed by atoms with Crippen molar-refractivity contribution < 1.29 is 45.9 Å². The third-order valence-electron chi connectivity index (χ3n) is 5.45. The summed E-state index contributed by atoms with van der Waals surface area (Å²) in [5.74, 6) is -1.88. The zero-order valence-electron chi connectivity index (χ0n) is 22.3. The highest BCUT2D eigenvalue weighted by molar-refractivity contribution is 7.86. The molecule has 208 valence electrons. The highest BCUT2D eigenvalue weighted by atomic mass is 32.2. The lowest BCUT2D eigenvalue weighted by Gasteiger charge is -2.45. The summed E-state index contributed by atoms with van der Waals surface area (Å²) in [7, 11) is -5.69. The number of ether oxygens (including phenoxy) is 4. The van der Waals surface area contributed by atoms with E-state index < -0.39 is 73.3 Å². The van der Waals surface area contributed by atoms with Gasteiger partial charge in [-0.3, -0.25) is 18.6 Å². The molecule has 0 saturated carbocycles. The average molecular weight is 560 g/mol. The zero-order chi connectivity index (χ0) is 28.0. The Kier molecular flexibility index (Phi) is 10.8. The van der Waals surface area contributed by atoms with Crippen molar-refractivity contribution in [1.82, 2.24) is 5.32 Å². The fraction of sp³-hybridized carbons (Fsp3) is 0.625. The van der Waals surface area contributed by atoms with Crippen LogP contribution in [0.5, 0.6) is 0 Å². The number of esters is 2. The van der Waals surface area contributed by atoms with E-state index in [-0.39, 0.29) is 11.5 Å². The number of amides is 1. The Hall–Kier alpha value is -2.32. The van der Waals surface area contributed by atoms with Crippen LogP contribution in [0.4, 0.5) is 0 Å². The lowest BCUT2D eigenvalue weighted by molar-refractivity contribution is -0.274. The standard InChI is InChI=1S/C24H37NO10SSi/c1-15-8-10-19(11-9-15)36(29,30)32-14-20-22(33-17(3)27)23(34-18(4)28)21(25-16(2)26)24(35-20)31-12-13-37(5,6)7/h8-11,20-24H,12-14H2,1-7H3,(H,25,26)/t20-,21-,22-,23-,24-/m1/s1. The SMILES string of the molecule is CC(=O)N[C@H]1[C@H](OCC[Si](C)(C)C)O[C@H](COS(=O)(=O)c2ccc(C)cc2)[C@@H](OC(C)=O)[C@@H]1OC(C)=O. The van der Waals surface area contributed by atoms with E-state index in [2.05, 4.69) is 25.0 Å². The second-order valence-electron chi connectivity index (χ2n) is 10.2. The summed E-state index contributed by atoms with van der Waals surface area (Å²) >= 11 is 0. The zero-order valence-corrected chi connectivity index (χ0v) is 24.1. The summed E-state index contributed by atoms with van der Waals surface area (Å²) in [4.78, 5) is 35.9. The molecule has 1 aliphatic heterocycles. The first-order chi connectivity index (χ1) is 17.1. The van der Waals surface area contributed by atoms with Crippen LogP contribution in [-0.2, 0) is 47.6 Å². The van der Waals surface area contributed by atoms with Gasteiger partial charge in [-0.1, -0.05) is 37.3 Å². The predicted octanol–water partition coefficient (Wildman–Crippen LogP) is 2.15. The summed E-state index contributed by atoms with van der Waals surface area (Å²) in [6.45, 7) is 11.6. The minimum Gasteiger partial charge on any atom is -0.456 e. The average Bonchev–Trinajstić information content (AvgIpc) is 2.75. The molecule has 0 aromatic heterocycles. The summed E-state index contributed by atoms with van der Waals surface area (Å²) in [6, 6.07) is 5.82. The van der Waals surface area contributed by atoms with Crippen LogP contribution in [0, 0.1) is 6.92 Å². The van der Waals surface area contributed by atoms with E-state index >= 15 is 0 Å². The van der Waals surface area contributed by atoms with Crippen molar-refractivity contribution >= 4 is 36.0 Å². The maximum atomic E-state index is 12.8. The molecule has 1 amide bonds. The predicted molar refractivity (Wildman–Crippen MR) is 136 cm³/mol. The van der Waals surface area contributed by atoms with Crippen molar-refractivity contribution in [2.75, 3.05) is 13.2 Å². The number of carbonyl (C=O) groups is 3. The van der Waals surface area contributed by atoms with Gasteiger partial charge in [-0.25, -0.2) is 0 Å². The van der Waals surface area contributed by atoms with Gasteiger partial charge in [0.15, 0.2) is 18.5 Å². The second kappa shape index (κ2) is 13.0. The van der Waals surface area contributed by atoms with Crippen LogP contribution in [-0.4, -0.2) is 78.2 Å². The number of hydrogen-bond acceptors (Lipinski definition) is 10. The third-order valence-corrected chi connectivity index (χ3v) is 8.45. The molecule has 2 rings (SSSR count). The highest BCUT2D eigenvalue weighted by Crippen LogP contribution is 2.29. The Morgan fingerprint density at radius 2 is 1.54 bits per heavy atom. The smallest absolute Gasteiger partial charge is 0.303 e. The van der Waals surface area contributed by atoms with Crippen molar-refractivity contribution in [3.8, 4) is 0 Å². The molecule has 0 radical (unpaired) electrons. The largest absolute Gasteiger partial charge is 0.456 e. The fourth-order valence-corrected chi connectivity index (χ4v) is 5.29. The van der Waals surface area contributed by atoms with Gasteiger partial charge in [0.05, 0.1) is 11.5 Å². The van der Waals surface area contributed by atoms with Crippen molar-refractivity contribution in [2.24, 2.45) is 0 Å². The van der Waals surface area contributed by atoms with Gasteiger partial charge in [0.1, 0.15) is 12.1 Å². The van der Waals surface area contributed by atoms with E-state index in [0.717, 1.165) is 18.5 Å². The number of carbonyl (C=O) groups excluding carboxylic acids is 3. The van der Waals surface area contributed by atoms with Gasteiger partial charge in [-0.2, -0.15) is 8.42 Å².